The number of aryl methyl sites for hydroxylation is 1. The second-order valence-corrected chi connectivity index (χ2v) is 6.03. The fourth-order valence-electron chi connectivity index (χ4n) is 1.77. The van der Waals surface area contributed by atoms with Crippen molar-refractivity contribution in [3.63, 3.8) is 0 Å². The van der Waals surface area contributed by atoms with Crippen molar-refractivity contribution in [2.24, 2.45) is 0 Å². The molecule has 0 aromatic heterocycles. The van der Waals surface area contributed by atoms with E-state index in [1.54, 1.807) is 30.3 Å². The van der Waals surface area contributed by atoms with E-state index in [0.29, 0.717) is 16.3 Å². The monoisotopic (exact) mass is 380 g/mol. The number of carbonyl (C=O) groups excluding carboxylic acids is 2. The van der Waals surface area contributed by atoms with Crippen molar-refractivity contribution in [2.45, 2.75) is 6.92 Å². The number of hydrogen-bond acceptors (Lipinski definition) is 2. The van der Waals surface area contributed by atoms with Crippen molar-refractivity contribution in [1.29, 1.82) is 0 Å². The number of rotatable bonds is 4. The molecule has 0 bridgehead atoms. The zero-order valence-electron chi connectivity index (χ0n) is 11.8. The number of carbonyl (C=O) groups is 2. The van der Waals surface area contributed by atoms with E-state index in [4.69, 9.17) is 11.6 Å². The summed E-state index contributed by atoms with van der Waals surface area (Å²) in [5, 5.41) is 5.83. The molecule has 2 N–H and O–H groups in total. The molecule has 0 spiro atoms. The van der Waals surface area contributed by atoms with Crippen molar-refractivity contribution >= 4 is 45.0 Å². The molecule has 0 aliphatic heterocycles. The van der Waals surface area contributed by atoms with Gasteiger partial charge in [-0.2, -0.15) is 0 Å². The SMILES string of the molecule is Cc1ccc(NC(=O)CNC(=O)c2cccc(Br)c2)cc1Cl. The summed E-state index contributed by atoms with van der Waals surface area (Å²) >= 11 is 9.29. The van der Waals surface area contributed by atoms with E-state index < -0.39 is 0 Å². The highest BCUT2D eigenvalue weighted by Gasteiger charge is 2.09. The number of benzene rings is 2. The fourth-order valence-corrected chi connectivity index (χ4v) is 2.35. The average molecular weight is 382 g/mol. The molecule has 0 aliphatic carbocycles. The molecule has 0 aliphatic rings. The van der Waals surface area contributed by atoms with Crippen LogP contribution in [0.5, 0.6) is 0 Å². The smallest absolute Gasteiger partial charge is 0.251 e. The van der Waals surface area contributed by atoms with E-state index in [1.807, 2.05) is 19.1 Å². The van der Waals surface area contributed by atoms with Gasteiger partial charge in [0.25, 0.3) is 5.91 Å². The van der Waals surface area contributed by atoms with E-state index in [1.165, 1.54) is 0 Å². The second kappa shape index (κ2) is 7.42. The second-order valence-electron chi connectivity index (χ2n) is 4.71. The van der Waals surface area contributed by atoms with E-state index in [2.05, 4.69) is 26.6 Å². The van der Waals surface area contributed by atoms with Gasteiger partial charge in [-0.15, -0.1) is 0 Å². The zero-order chi connectivity index (χ0) is 16.1. The minimum atomic E-state index is -0.316. The summed E-state index contributed by atoms with van der Waals surface area (Å²) < 4.78 is 0.805. The van der Waals surface area contributed by atoms with Gasteiger partial charge < -0.3 is 10.6 Å². The van der Waals surface area contributed by atoms with Gasteiger partial charge in [-0.1, -0.05) is 39.7 Å². The highest BCUT2D eigenvalue weighted by molar-refractivity contribution is 9.10. The summed E-state index contributed by atoms with van der Waals surface area (Å²) in [6, 6.07) is 12.2. The Bertz CT molecular complexity index is 719. The van der Waals surface area contributed by atoms with Crippen LogP contribution in [-0.4, -0.2) is 18.4 Å². The first kappa shape index (κ1) is 16.5. The van der Waals surface area contributed by atoms with E-state index in [9.17, 15) is 9.59 Å². The molecule has 0 heterocycles. The van der Waals surface area contributed by atoms with Crippen LogP contribution < -0.4 is 10.6 Å². The molecule has 0 fully saturated rings. The third-order valence-corrected chi connectivity index (χ3v) is 3.85. The first-order chi connectivity index (χ1) is 10.5. The van der Waals surface area contributed by atoms with Crippen LogP contribution in [0.4, 0.5) is 5.69 Å². The molecule has 22 heavy (non-hydrogen) atoms. The van der Waals surface area contributed by atoms with Gasteiger partial charge in [0.2, 0.25) is 5.91 Å². The predicted octanol–water partition coefficient (Wildman–Crippen LogP) is 3.78. The van der Waals surface area contributed by atoms with Crippen molar-refractivity contribution in [3.8, 4) is 0 Å². The molecule has 0 radical (unpaired) electrons. The lowest BCUT2D eigenvalue weighted by Gasteiger charge is -2.08. The highest BCUT2D eigenvalue weighted by atomic mass is 79.9. The first-order valence-electron chi connectivity index (χ1n) is 6.55. The molecule has 6 heteroatoms. The quantitative estimate of drug-likeness (QED) is 0.847. The van der Waals surface area contributed by atoms with Gasteiger partial charge in [0.1, 0.15) is 0 Å². The molecule has 2 amide bonds. The summed E-state index contributed by atoms with van der Waals surface area (Å²) in [7, 11) is 0. The normalized spacial score (nSPS) is 10.1. The van der Waals surface area contributed by atoms with Crippen LogP contribution in [0.2, 0.25) is 5.02 Å². The van der Waals surface area contributed by atoms with Gasteiger partial charge in [-0.25, -0.2) is 0 Å². The van der Waals surface area contributed by atoms with Crippen LogP contribution in [0.1, 0.15) is 15.9 Å². The Hall–Kier alpha value is -1.85. The topological polar surface area (TPSA) is 58.2 Å². The Balaban J connectivity index is 1.90. The van der Waals surface area contributed by atoms with Gasteiger partial charge >= 0.3 is 0 Å². The summed E-state index contributed by atoms with van der Waals surface area (Å²) in [5.74, 6) is -0.623. The molecule has 0 unspecified atom stereocenters. The number of halogens is 2. The lowest BCUT2D eigenvalue weighted by atomic mass is 10.2. The molecule has 2 aromatic rings. The molecule has 114 valence electrons. The van der Waals surface area contributed by atoms with E-state index in [0.717, 1.165) is 10.0 Å². The molecule has 2 aromatic carbocycles. The molecular formula is C16H14BrClN2O2. The van der Waals surface area contributed by atoms with Gasteiger partial charge in [0.05, 0.1) is 6.54 Å². The van der Waals surface area contributed by atoms with Gasteiger partial charge in [-0.05, 0) is 42.8 Å². The van der Waals surface area contributed by atoms with Crippen LogP contribution in [-0.2, 0) is 4.79 Å². The minimum Gasteiger partial charge on any atom is -0.343 e. The van der Waals surface area contributed by atoms with Gasteiger partial charge in [-0.3, -0.25) is 9.59 Å². The molecule has 0 atom stereocenters. The Morgan fingerprint density at radius 3 is 2.64 bits per heavy atom. The lowest BCUT2D eigenvalue weighted by Crippen LogP contribution is -2.32. The standard InChI is InChI=1S/C16H14BrClN2O2/c1-10-5-6-13(8-14(10)18)20-15(21)9-19-16(22)11-3-2-4-12(17)7-11/h2-8H,9H2,1H3,(H,19,22)(H,20,21). The molecule has 2 rings (SSSR count). The predicted molar refractivity (Wildman–Crippen MR) is 91.3 cm³/mol. The van der Waals surface area contributed by atoms with Crippen LogP contribution in [0.15, 0.2) is 46.9 Å². The summed E-state index contributed by atoms with van der Waals surface area (Å²) in [6.45, 7) is 1.77. The summed E-state index contributed by atoms with van der Waals surface area (Å²) in [5.41, 5.74) is 2.01. The average Bonchev–Trinajstić information content (AvgIpc) is 2.48. The largest absolute Gasteiger partial charge is 0.343 e. The molecular weight excluding hydrogens is 368 g/mol. The zero-order valence-corrected chi connectivity index (χ0v) is 14.2. The first-order valence-corrected chi connectivity index (χ1v) is 7.72. The third kappa shape index (κ3) is 4.58. The van der Waals surface area contributed by atoms with Crippen molar-refractivity contribution in [2.75, 3.05) is 11.9 Å². The number of hydrogen-bond donors (Lipinski definition) is 2. The third-order valence-electron chi connectivity index (χ3n) is 2.95. The molecule has 4 nitrogen and oxygen atoms in total. The Labute approximate surface area is 142 Å². The lowest BCUT2D eigenvalue weighted by molar-refractivity contribution is -0.115. The van der Waals surface area contributed by atoms with Gasteiger partial charge in [0.15, 0.2) is 0 Å². The highest BCUT2D eigenvalue weighted by Crippen LogP contribution is 2.19. The fraction of sp³-hybridized carbons (Fsp3) is 0.125. The Kier molecular flexibility index (Phi) is 5.57. The van der Waals surface area contributed by atoms with Crippen molar-refractivity contribution in [3.05, 3.63) is 63.1 Å². The molecule has 0 saturated carbocycles. The maximum absolute atomic E-state index is 11.9. The van der Waals surface area contributed by atoms with Crippen LogP contribution in [0.3, 0.4) is 0 Å². The van der Waals surface area contributed by atoms with Crippen molar-refractivity contribution < 1.29 is 9.59 Å². The van der Waals surface area contributed by atoms with E-state index in [-0.39, 0.29) is 18.4 Å². The number of amides is 2. The Morgan fingerprint density at radius 2 is 1.95 bits per heavy atom. The number of nitrogens with one attached hydrogen (secondary N) is 2. The van der Waals surface area contributed by atoms with Crippen molar-refractivity contribution in [1.82, 2.24) is 5.32 Å². The van der Waals surface area contributed by atoms with Crippen LogP contribution in [0, 0.1) is 6.92 Å². The summed E-state index contributed by atoms with van der Waals surface area (Å²) in [4.78, 5) is 23.8. The maximum Gasteiger partial charge on any atom is 0.251 e. The van der Waals surface area contributed by atoms with Gasteiger partial charge in [0, 0.05) is 20.7 Å². The number of anilines is 1. The Morgan fingerprint density at radius 1 is 1.18 bits per heavy atom. The maximum atomic E-state index is 11.9. The molecule has 0 saturated heterocycles. The van der Waals surface area contributed by atoms with Crippen LogP contribution >= 0.6 is 27.5 Å². The van der Waals surface area contributed by atoms with Crippen LogP contribution in [0.25, 0.3) is 0 Å². The van der Waals surface area contributed by atoms with E-state index >= 15 is 0 Å². The summed E-state index contributed by atoms with van der Waals surface area (Å²) in [6.07, 6.45) is 0. The minimum absolute atomic E-state index is 0.114.